The van der Waals surface area contributed by atoms with Crippen molar-refractivity contribution in [1.29, 1.82) is 10.8 Å². The molecule has 30 heavy (non-hydrogen) atoms. The molecule has 0 bridgehead atoms. The number of anilines is 1. The number of amides is 1. The number of benzene rings is 1. The lowest BCUT2D eigenvalue weighted by Gasteiger charge is -2.42. The third-order valence-electron chi connectivity index (χ3n) is 5.97. The molecule has 1 aromatic rings. The number of piperazine rings is 1. The van der Waals surface area contributed by atoms with E-state index >= 15 is 0 Å². The largest absolute Gasteiger partial charge is 0.384 e. The van der Waals surface area contributed by atoms with Crippen LogP contribution >= 0.6 is 0 Å². The van der Waals surface area contributed by atoms with E-state index in [0.717, 1.165) is 31.7 Å². The number of hydrogen-bond donors (Lipinski definition) is 5. The first-order valence-corrected chi connectivity index (χ1v) is 10.7. The molecule has 8 heteroatoms. The third kappa shape index (κ3) is 5.30. The molecule has 1 fully saturated rings. The van der Waals surface area contributed by atoms with Gasteiger partial charge in [0.15, 0.2) is 11.8 Å². The van der Waals surface area contributed by atoms with Crippen LogP contribution in [0, 0.1) is 10.8 Å². The van der Waals surface area contributed by atoms with E-state index in [4.69, 9.17) is 10.8 Å². The molecule has 2 unspecified atom stereocenters. The monoisotopic (exact) mass is 413 g/mol. The number of guanidine groups is 1. The van der Waals surface area contributed by atoms with E-state index in [1.165, 1.54) is 5.56 Å². The summed E-state index contributed by atoms with van der Waals surface area (Å²) in [4.78, 5) is 16.7. The molecule has 1 saturated heterocycles. The summed E-state index contributed by atoms with van der Waals surface area (Å²) in [7, 11) is 0. The fourth-order valence-corrected chi connectivity index (χ4v) is 4.20. The summed E-state index contributed by atoms with van der Waals surface area (Å²) in [5, 5.41) is 25.3. The van der Waals surface area contributed by atoms with Gasteiger partial charge in [0.2, 0.25) is 0 Å². The second kappa shape index (κ2) is 9.04. The SMILES string of the molecule is CC(CC1CNc2ccccc21)NC(=O)C(=N)NC(=N)N1CCN(C(C)(C)C)CC1. The summed E-state index contributed by atoms with van der Waals surface area (Å²) < 4.78 is 0. The van der Waals surface area contributed by atoms with Gasteiger partial charge in [-0.1, -0.05) is 18.2 Å². The summed E-state index contributed by atoms with van der Waals surface area (Å²) in [6.07, 6.45) is 0.801. The van der Waals surface area contributed by atoms with Crippen molar-refractivity contribution in [2.24, 2.45) is 0 Å². The lowest BCUT2D eigenvalue weighted by Crippen LogP contribution is -2.58. The predicted octanol–water partition coefficient (Wildman–Crippen LogP) is 2.01. The first-order chi connectivity index (χ1) is 14.1. The van der Waals surface area contributed by atoms with Crippen LogP contribution in [0.5, 0.6) is 0 Å². The van der Waals surface area contributed by atoms with Crippen molar-refractivity contribution in [1.82, 2.24) is 20.4 Å². The topological polar surface area (TPSA) is 107 Å². The maximum absolute atomic E-state index is 12.4. The minimum absolute atomic E-state index is 0.0675. The van der Waals surface area contributed by atoms with Crippen LogP contribution in [0.15, 0.2) is 24.3 Å². The number of rotatable bonds is 3. The minimum atomic E-state index is -0.472. The number of para-hydroxylation sites is 1. The Morgan fingerprint density at radius 2 is 1.87 bits per heavy atom. The molecule has 2 atom stereocenters. The first-order valence-electron chi connectivity index (χ1n) is 10.7. The molecule has 8 nitrogen and oxygen atoms in total. The Morgan fingerprint density at radius 1 is 1.20 bits per heavy atom. The van der Waals surface area contributed by atoms with Crippen LogP contribution in [0.1, 0.15) is 45.6 Å². The van der Waals surface area contributed by atoms with Crippen molar-refractivity contribution in [3.05, 3.63) is 29.8 Å². The highest BCUT2D eigenvalue weighted by Crippen LogP contribution is 2.33. The van der Waals surface area contributed by atoms with Crippen molar-refractivity contribution in [3.8, 4) is 0 Å². The van der Waals surface area contributed by atoms with E-state index in [9.17, 15) is 4.79 Å². The maximum atomic E-state index is 12.4. The zero-order chi connectivity index (χ0) is 21.9. The molecular weight excluding hydrogens is 378 g/mol. The van der Waals surface area contributed by atoms with Gasteiger partial charge >= 0.3 is 0 Å². The normalized spacial score (nSPS) is 20.1. The Balaban J connectivity index is 1.43. The zero-order valence-corrected chi connectivity index (χ0v) is 18.5. The molecule has 0 saturated carbocycles. The molecule has 164 valence electrons. The van der Waals surface area contributed by atoms with Gasteiger partial charge in [0.05, 0.1) is 0 Å². The number of fused-ring (bicyclic) bond motifs is 1. The van der Waals surface area contributed by atoms with Crippen LogP contribution in [0.25, 0.3) is 0 Å². The van der Waals surface area contributed by atoms with Gasteiger partial charge in [-0.2, -0.15) is 0 Å². The summed E-state index contributed by atoms with van der Waals surface area (Å²) >= 11 is 0. The quantitative estimate of drug-likeness (QED) is 0.385. The lowest BCUT2D eigenvalue weighted by molar-refractivity contribution is -0.115. The molecule has 0 aliphatic carbocycles. The second-order valence-electron chi connectivity index (χ2n) is 9.27. The number of carbonyl (C=O) groups excluding carboxylic acids is 1. The van der Waals surface area contributed by atoms with E-state index in [-0.39, 0.29) is 23.4 Å². The average Bonchev–Trinajstić information content (AvgIpc) is 3.10. The molecule has 3 rings (SSSR count). The van der Waals surface area contributed by atoms with Crippen LogP contribution in [0.3, 0.4) is 0 Å². The zero-order valence-electron chi connectivity index (χ0n) is 18.5. The Morgan fingerprint density at radius 3 is 2.53 bits per heavy atom. The molecule has 2 heterocycles. The van der Waals surface area contributed by atoms with E-state index < -0.39 is 5.91 Å². The molecule has 1 aromatic carbocycles. The Hall–Kier alpha value is -2.61. The van der Waals surface area contributed by atoms with Gasteiger partial charge < -0.3 is 20.9 Å². The molecule has 2 aliphatic rings. The molecule has 0 aromatic heterocycles. The number of carbonyl (C=O) groups is 1. The van der Waals surface area contributed by atoms with Gasteiger partial charge in [-0.15, -0.1) is 0 Å². The Labute approximate surface area is 179 Å². The summed E-state index contributed by atoms with van der Waals surface area (Å²) in [5.41, 5.74) is 2.55. The van der Waals surface area contributed by atoms with Crippen molar-refractivity contribution in [3.63, 3.8) is 0 Å². The van der Waals surface area contributed by atoms with Gasteiger partial charge in [0, 0.05) is 55.9 Å². The molecule has 0 spiro atoms. The van der Waals surface area contributed by atoms with E-state index in [0.29, 0.717) is 19.0 Å². The lowest BCUT2D eigenvalue weighted by atomic mass is 9.94. The van der Waals surface area contributed by atoms with Crippen LogP contribution in [0.2, 0.25) is 0 Å². The summed E-state index contributed by atoms with van der Waals surface area (Å²) in [5.74, 6) is -0.295. The highest BCUT2D eigenvalue weighted by atomic mass is 16.2. The van der Waals surface area contributed by atoms with Crippen molar-refractivity contribution < 1.29 is 4.79 Å². The molecule has 5 N–H and O–H groups in total. The molecular formula is C22H35N7O. The van der Waals surface area contributed by atoms with E-state index in [1.807, 2.05) is 24.0 Å². The highest BCUT2D eigenvalue weighted by Gasteiger charge is 2.28. The van der Waals surface area contributed by atoms with Crippen molar-refractivity contribution in [2.75, 3.05) is 38.0 Å². The van der Waals surface area contributed by atoms with Crippen LogP contribution in [-0.2, 0) is 4.79 Å². The number of nitrogens with one attached hydrogen (secondary N) is 5. The van der Waals surface area contributed by atoms with Crippen LogP contribution in [-0.4, -0.2) is 71.8 Å². The Kier molecular flexibility index (Phi) is 6.65. The third-order valence-corrected chi connectivity index (χ3v) is 5.97. The Bertz CT molecular complexity index is 793. The molecule has 1 amide bonds. The maximum Gasteiger partial charge on any atom is 0.286 e. The van der Waals surface area contributed by atoms with Crippen LogP contribution < -0.4 is 16.0 Å². The van der Waals surface area contributed by atoms with Gasteiger partial charge in [0.1, 0.15) is 0 Å². The smallest absolute Gasteiger partial charge is 0.286 e. The second-order valence-corrected chi connectivity index (χ2v) is 9.27. The van der Waals surface area contributed by atoms with E-state index in [1.54, 1.807) is 0 Å². The first kappa shape index (κ1) is 22.1. The molecule has 0 radical (unpaired) electrons. The number of amidine groups is 1. The van der Waals surface area contributed by atoms with Gasteiger partial charge in [-0.25, -0.2) is 0 Å². The van der Waals surface area contributed by atoms with E-state index in [2.05, 4.69) is 53.8 Å². The fourth-order valence-electron chi connectivity index (χ4n) is 4.20. The highest BCUT2D eigenvalue weighted by molar-refractivity contribution is 6.39. The van der Waals surface area contributed by atoms with Crippen molar-refractivity contribution >= 4 is 23.4 Å². The molecule has 2 aliphatic heterocycles. The number of hydrogen-bond acceptors (Lipinski definition) is 5. The summed E-state index contributed by atoms with van der Waals surface area (Å²) in [6.45, 7) is 12.5. The standard InChI is InChI=1S/C22H35N7O/c1-15(13-16-14-25-18-8-6-5-7-17(16)18)26-20(30)19(23)27-21(24)28-9-11-29(12-10-28)22(2,3)4/h5-8,15-16,25H,9-14H2,1-4H3,(H,26,30)(H3,23,24,27). The number of nitrogens with zero attached hydrogens (tertiary/aromatic N) is 2. The average molecular weight is 414 g/mol. The van der Waals surface area contributed by atoms with Crippen LogP contribution in [0.4, 0.5) is 5.69 Å². The summed E-state index contributed by atoms with van der Waals surface area (Å²) in [6, 6.07) is 8.19. The van der Waals surface area contributed by atoms with Gasteiger partial charge in [0.25, 0.3) is 5.91 Å². The fraction of sp³-hybridized carbons (Fsp3) is 0.591. The van der Waals surface area contributed by atoms with Gasteiger partial charge in [-0.3, -0.25) is 20.5 Å². The van der Waals surface area contributed by atoms with Gasteiger partial charge in [-0.05, 0) is 45.7 Å². The predicted molar refractivity (Wildman–Crippen MR) is 121 cm³/mol. The van der Waals surface area contributed by atoms with Crippen molar-refractivity contribution in [2.45, 2.75) is 51.6 Å². The minimum Gasteiger partial charge on any atom is -0.384 e.